The molecule has 14 heavy (non-hydrogen) atoms. The summed E-state index contributed by atoms with van der Waals surface area (Å²) in [6, 6.07) is 0. The van der Waals surface area contributed by atoms with E-state index in [0.29, 0.717) is 0 Å². The first-order chi connectivity index (χ1) is 7.00. The Balaban J connectivity index is 2.45. The summed E-state index contributed by atoms with van der Waals surface area (Å²) in [5.74, 6) is 0. The predicted molar refractivity (Wildman–Crippen MR) is 64.2 cm³/mol. The van der Waals surface area contributed by atoms with Gasteiger partial charge < -0.3 is 0 Å². The first-order valence-electron chi connectivity index (χ1n) is 5.27. The van der Waals surface area contributed by atoms with E-state index >= 15 is 0 Å². The molecule has 0 heteroatoms. The highest BCUT2D eigenvalue weighted by Crippen LogP contribution is 1.96. The Labute approximate surface area is 87.0 Å². The molecule has 1 rings (SSSR count). The van der Waals surface area contributed by atoms with Crippen molar-refractivity contribution in [2.75, 3.05) is 0 Å². The molecular weight excluding hydrogens is 168 g/mol. The molecule has 0 saturated carbocycles. The van der Waals surface area contributed by atoms with Gasteiger partial charge in [-0.2, -0.15) is 0 Å². The first kappa shape index (κ1) is 10.8. The van der Waals surface area contributed by atoms with E-state index < -0.39 is 0 Å². The largest absolute Gasteiger partial charge is 0.0844 e. The van der Waals surface area contributed by atoms with Gasteiger partial charge in [0.25, 0.3) is 0 Å². The van der Waals surface area contributed by atoms with E-state index in [1.165, 1.54) is 0 Å². The van der Waals surface area contributed by atoms with E-state index in [1.807, 2.05) is 0 Å². The van der Waals surface area contributed by atoms with Crippen LogP contribution in [-0.2, 0) is 0 Å². The summed E-state index contributed by atoms with van der Waals surface area (Å²) in [6.07, 6.45) is 26.0. The number of hydrogen-bond donors (Lipinski definition) is 0. The SMILES string of the molecule is C1=CC/C=C\C/C=C\C/C=C\C/C=C/1. The van der Waals surface area contributed by atoms with Gasteiger partial charge >= 0.3 is 0 Å². The van der Waals surface area contributed by atoms with E-state index in [1.54, 1.807) is 0 Å². The minimum atomic E-state index is 1.04. The fraction of sp³-hybridized carbons (Fsp3) is 0.286. The maximum atomic E-state index is 2.21. The molecule has 0 heterocycles. The van der Waals surface area contributed by atoms with Crippen molar-refractivity contribution in [3.8, 4) is 0 Å². The molecule has 0 aliphatic heterocycles. The molecular formula is C14H18. The highest BCUT2D eigenvalue weighted by Gasteiger charge is 1.75. The van der Waals surface area contributed by atoms with Gasteiger partial charge in [-0.1, -0.05) is 60.8 Å². The molecule has 0 N–H and O–H groups in total. The van der Waals surface area contributed by atoms with Crippen molar-refractivity contribution >= 4 is 0 Å². The fourth-order valence-electron chi connectivity index (χ4n) is 1.21. The lowest BCUT2D eigenvalue weighted by Gasteiger charge is -1.86. The minimum absolute atomic E-state index is 1.04. The third kappa shape index (κ3) is 6.24. The molecule has 0 aromatic rings. The molecule has 0 nitrogen and oxygen atoms in total. The second-order valence-electron chi connectivity index (χ2n) is 3.21. The zero-order valence-corrected chi connectivity index (χ0v) is 8.60. The molecule has 0 radical (unpaired) electrons. The van der Waals surface area contributed by atoms with Crippen LogP contribution in [0.4, 0.5) is 0 Å². The van der Waals surface area contributed by atoms with E-state index in [4.69, 9.17) is 0 Å². The summed E-state index contributed by atoms with van der Waals surface area (Å²) in [6.45, 7) is 0. The first-order valence-corrected chi connectivity index (χ1v) is 5.27. The van der Waals surface area contributed by atoms with E-state index in [-0.39, 0.29) is 0 Å². The molecule has 0 unspecified atom stereocenters. The van der Waals surface area contributed by atoms with E-state index in [9.17, 15) is 0 Å². The van der Waals surface area contributed by atoms with Crippen LogP contribution in [-0.4, -0.2) is 0 Å². The fourth-order valence-corrected chi connectivity index (χ4v) is 1.21. The smallest absolute Gasteiger partial charge is 0.0166 e. The second kappa shape index (κ2) is 8.31. The van der Waals surface area contributed by atoms with Gasteiger partial charge in [0, 0.05) is 0 Å². The van der Waals surface area contributed by atoms with Gasteiger partial charge in [0.15, 0.2) is 0 Å². The molecule has 0 aromatic heterocycles. The molecule has 1 aliphatic rings. The van der Waals surface area contributed by atoms with Gasteiger partial charge in [-0.15, -0.1) is 0 Å². The molecule has 0 amide bonds. The maximum Gasteiger partial charge on any atom is -0.0166 e. The van der Waals surface area contributed by atoms with Gasteiger partial charge in [0.2, 0.25) is 0 Å². The van der Waals surface area contributed by atoms with Crippen molar-refractivity contribution in [2.24, 2.45) is 0 Å². The summed E-state index contributed by atoms with van der Waals surface area (Å²) >= 11 is 0. The topological polar surface area (TPSA) is 0 Å². The van der Waals surface area contributed by atoms with Crippen LogP contribution in [0.2, 0.25) is 0 Å². The summed E-state index contributed by atoms with van der Waals surface area (Å²) in [5, 5.41) is 0. The van der Waals surface area contributed by atoms with Crippen LogP contribution in [0.15, 0.2) is 60.8 Å². The zero-order valence-electron chi connectivity index (χ0n) is 8.60. The van der Waals surface area contributed by atoms with Gasteiger partial charge in [0.1, 0.15) is 0 Å². The van der Waals surface area contributed by atoms with Crippen molar-refractivity contribution in [2.45, 2.75) is 25.7 Å². The number of rotatable bonds is 0. The zero-order chi connectivity index (χ0) is 9.90. The van der Waals surface area contributed by atoms with Crippen LogP contribution in [0, 0.1) is 0 Å². The molecule has 0 aromatic carbocycles. The third-order valence-electron chi connectivity index (χ3n) is 1.97. The summed E-state index contributed by atoms with van der Waals surface area (Å²) in [4.78, 5) is 0. The minimum Gasteiger partial charge on any atom is -0.0844 e. The summed E-state index contributed by atoms with van der Waals surface area (Å²) in [5.41, 5.74) is 0. The van der Waals surface area contributed by atoms with Crippen LogP contribution in [0.25, 0.3) is 0 Å². The van der Waals surface area contributed by atoms with Crippen LogP contribution in [0.1, 0.15) is 25.7 Å². The summed E-state index contributed by atoms with van der Waals surface area (Å²) in [7, 11) is 0. The Kier molecular flexibility index (Phi) is 6.39. The molecule has 74 valence electrons. The van der Waals surface area contributed by atoms with Crippen LogP contribution >= 0.6 is 0 Å². The van der Waals surface area contributed by atoms with Gasteiger partial charge in [-0.3, -0.25) is 0 Å². The van der Waals surface area contributed by atoms with Gasteiger partial charge in [-0.05, 0) is 25.7 Å². The van der Waals surface area contributed by atoms with Crippen LogP contribution in [0.5, 0.6) is 0 Å². The molecule has 0 bridgehead atoms. The quantitative estimate of drug-likeness (QED) is 0.494. The number of hydrogen-bond acceptors (Lipinski definition) is 0. The van der Waals surface area contributed by atoms with Crippen molar-refractivity contribution < 1.29 is 0 Å². The highest BCUT2D eigenvalue weighted by atomic mass is 13.8. The molecule has 0 spiro atoms. The van der Waals surface area contributed by atoms with Crippen molar-refractivity contribution in [1.82, 2.24) is 0 Å². The lowest BCUT2D eigenvalue weighted by molar-refractivity contribution is 1.26. The number of allylic oxidation sites excluding steroid dienone is 10. The molecule has 1 aliphatic carbocycles. The lowest BCUT2D eigenvalue weighted by Crippen LogP contribution is -1.65. The Morgan fingerprint density at radius 2 is 0.643 bits per heavy atom. The normalized spacial score (nSPS) is 27.4. The Morgan fingerprint density at radius 1 is 0.357 bits per heavy atom. The molecule has 0 fully saturated rings. The monoisotopic (exact) mass is 186 g/mol. The maximum absolute atomic E-state index is 2.21. The predicted octanol–water partition coefficient (Wildman–Crippen LogP) is 4.34. The van der Waals surface area contributed by atoms with Crippen LogP contribution in [0.3, 0.4) is 0 Å². The van der Waals surface area contributed by atoms with Crippen LogP contribution < -0.4 is 0 Å². The summed E-state index contributed by atoms with van der Waals surface area (Å²) < 4.78 is 0. The molecule has 0 atom stereocenters. The Bertz CT molecular complexity index is 234. The highest BCUT2D eigenvalue weighted by molar-refractivity contribution is 5.08. The average molecular weight is 186 g/mol. The van der Waals surface area contributed by atoms with E-state index in [0.717, 1.165) is 25.7 Å². The lowest BCUT2D eigenvalue weighted by atomic mass is 10.2. The third-order valence-corrected chi connectivity index (χ3v) is 1.97. The Hall–Kier alpha value is -1.30. The molecule has 0 saturated heterocycles. The van der Waals surface area contributed by atoms with Crippen molar-refractivity contribution in [3.63, 3.8) is 0 Å². The second-order valence-corrected chi connectivity index (χ2v) is 3.21. The van der Waals surface area contributed by atoms with Gasteiger partial charge in [0.05, 0.1) is 0 Å². The van der Waals surface area contributed by atoms with Gasteiger partial charge in [-0.25, -0.2) is 0 Å². The Morgan fingerprint density at radius 3 is 1.00 bits per heavy atom. The average Bonchev–Trinajstić information content (AvgIpc) is 2.22. The standard InChI is InChI=1S/C14H18/c1-2-4-6-8-10-12-14-13-11-9-7-5-3-1/h1-4,7-10,13-14H,5-6,11-12H2/b3-1+,4-2?,9-7-,10-8-,14-13-. The van der Waals surface area contributed by atoms with Crippen molar-refractivity contribution in [3.05, 3.63) is 60.8 Å². The van der Waals surface area contributed by atoms with E-state index in [2.05, 4.69) is 60.8 Å². The van der Waals surface area contributed by atoms with Crippen molar-refractivity contribution in [1.29, 1.82) is 0 Å².